The van der Waals surface area contributed by atoms with Crippen molar-refractivity contribution in [2.24, 2.45) is 0 Å². The van der Waals surface area contributed by atoms with Gasteiger partial charge in [0, 0.05) is 35.0 Å². The van der Waals surface area contributed by atoms with Gasteiger partial charge in [-0.2, -0.15) is 5.10 Å². The normalized spacial score (nSPS) is 10.6. The topological polar surface area (TPSA) is 29.9 Å². The molecule has 0 aliphatic rings. The highest BCUT2D eigenvalue weighted by Gasteiger charge is 2.01. The first-order chi connectivity index (χ1) is 8.69. The van der Waals surface area contributed by atoms with Crippen molar-refractivity contribution >= 4 is 21.6 Å². The molecule has 0 saturated carbocycles. The van der Waals surface area contributed by atoms with Gasteiger partial charge in [0.1, 0.15) is 0 Å². The summed E-state index contributed by atoms with van der Waals surface area (Å²) in [5, 5.41) is 7.76. The van der Waals surface area contributed by atoms with Crippen LogP contribution in [0, 0.1) is 6.92 Å². The summed E-state index contributed by atoms with van der Waals surface area (Å²) in [4.78, 5) is 0. The van der Waals surface area contributed by atoms with Crippen molar-refractivity contribution in [1.82, 2.24) is 9.78 Å². The Morgan fingerprint density at radius 2 is 2.22 bits per heavy atom. The number of hydrogen-bond donors (Lipinski definition) is 1. The van der Waals surface area contributed by atoms with Crippen LogP contribution in [0.2, 0.25) is 0 Å². The molecule has 3 nitrogen and oxygen atoms in total. The lowest BCUT2D eigenvalue weighted by molar-refractivity contribution is 0.602. The lowest BCUT2D eigenvalue weighted by atomic mass is 10.2. The Kier molecular flexibility index (Phi) is 4.42. The second-order valence-corrected chi connectivity index (χ2v) is 5.34. The zero-order chi connectivity index (χ0) is 13.0. The third-order valence-electron chi connectivity index (χ3n) is 2.81. The first-order valence-electron chi connectivity index (χ1n) is 6.20. The summed E-state index contributed by atoms with van der Waals surface area (Å²) in [6, 6.07) is 6.26. The number of rotatable bonds is 5. The highest BCUT2D eigenvalue weighted by Crippen LogP contribution is 2.20. The van der Waals surface area contributed by atoms with Crippen molar-refractivity contribution in [3.8, 4) is 0 Å². The van der Waals surface area contributed by atoms with E-state index >= 15 is 0 Å². The third kappa shape index (κ3) is 3.35. The molecule has 0 spiro atoms. The first kappa shape index (κ1) is 13.1. The highest BCUT2D eigenvalue weighted by atomic mass is 79.9. The van der Waals surface area contributed by atoms with Crippen molar-refractivity contribution in [2.75, 3.05) is 5.32 Å². The van der Waals surface area contributed by atoms with E-state index in [-0.39, 0.29) is 0 Å². The summed E-state index contributed by atoms with van der Waals surface area (Å²) >= 11 is 3.47. The quantitative estimate of drug-likeness (QED) is 0.905. The maximum atomic E-state index is 4.32. The van der Waals surface area contributed by atoms with Gasteiger partial charge in [-0.1, -0.05) is 22.9 Å². The van der Waals surface area contributed by atoms with Crippen LogP contribution in [0.5, 0.6) is 0 Å². The summed E-state index contributed by atoms with van der Waals surface area (Å²) in [7, 11) is 0. The molecule has 1 heterocycles. The van der Waals surface area contributed by atoms with Crippen LogP contribution in [0.15, 0.2) is 35.1 Å². The van der Waals surface area contributed by atoms with E-state index < -0.39 is 0 Å². The van der Waals surface area contributed by atoms with Gasteiger partial charge in [-0.3, -0.25) is 4.68 Å². The summed E-state index contributed by atoms with van der Waals surface area (Å²) in [6.07, 6.45) is 5.14. The Hall–Kier alpha value is -1.29. The Morgan fingerprint density at radius 3 is 2.94 bits per heavy atom. The number of hydrogen-bond acceptors (Lipinski definition) is 2. The molecule has 0 unspecified atom stereocenters. The Labute approximate surface area is 116 Å². The standard InChI is InChI=1S/C14H18BrN3/c1-3-6-18-10-12(9-17-18)8-16-14-5-4-13(15)7-11(14)2/h4-5,7,9-10,16H,3,6,8H2,1-2H3. The predicted octanol–water partition coefficient (Wildman–Crippen LogP) is 3.98. The molecule has 1 aromatic carbocycles. The molecule has 0 fully saturated rings. The van der Waals surface area contributed by atoms with Crippen LogP contribution in [-0.4, -0.2) is 9.78 Å². The van der Waals surface area contributed by atoms with Crippen molar-refractivity contribution in [3.05, 3.63) is 46.2 Å². The van der Waals surface area contributed by atoms with E-state index in [1.165, 1.54) is 16.8 Å². The van der Waals surface area contributed by atoms with Gasteiger partial charge < -0.3 is 5.32 Å². The summed E-state index contributed by atoms with van der Waals surface area (Å²) < 4.78 is 3.10. The van der Waals surface area contributed by atoms with Crippen molar-refractivity contribution < 1.29 is 0 Å². The monoisotopic (exact) mass is 307 g/mol. The molecule has 1 N–H and O–H groups in total. The van der Waals surface area contributed by atoms with E-state index in [1.54, 1.807) is 0 Å². The van der Waals surface area contributed by atoms with Crippen molar-refractivity contribution in [2.45, 2.75) is 33.4 Å². The molecule has 0 saturated heterocycles. The van der Waals surface area contributed by atoms with Gasteiger partial charge in [0.15, 0.2) is 0 Å². The molecule has 4 heteroatoms. The molecule has 0 amide bonds. The lowest BCUT2D eigenvalue weighted by Gasteiger charge is -2.08. The van der Waals surface area contributed by atoms with Gasteiger partial charge in [0.25, 0.3) is 0 Å². The summed E-state index contributed by atoms with van der Waals surface area (Å²) in [6.45, 7) is 6.06. The molecule has 0 radical (unpaired) electrons. The van der Waals surface area contributed by atoms with Crippen LogP contribution in [0.1, 0.15) is 24.5 Å². The first-order valence-corrected chi connectivity index (χ1v) is 6.99. The molecular formula is C14H18BrN3. The number of nitrogens with one attached hydrogen (secondary N) is 1. The molecule has 2 rings (SSSR count). The maximum Gasteiger partial charge on any atom is 0.0539 e. The molecule has 0 aliphatic heterocycles. The van der Waals surface area contributed by atoms with Gasteiger partial charge in [0.2, 0.25) is 0 Å². The van der Waals surface area contributed by atoms with Crippen LogP contribution < -0.4 is 5.32 Å². The van der Waals surface area contributed by atoms with E-state index in [9.17, 15) is 0 Å². The Balaban J connectivity index is 1.97. The number of halogens is 1. The number of aryl methyl sites for hydroxylation is 2. The minimum atomic E-state index is 0.812. The molecule has 1 aromatic heterocycles. The van der Waals surface area contributed by atoms with E-state index in [4.69, 9.17) is 0 Å². The van der Waals surface area contributed by atoms with Crippen LogP contribution in [-0.2, 0) is 13.1 Å². The second-order valence-electron chi connectivity index (χ2n) is 4.42. The average molecular weight is 308 g/mol. The van der Waals surface area contributed by atoms with Crippen molar-refractivity contribution in [1.29, 1.82) is 0 Å². The van der Waals surface area contributed by atoms with E-state index in [0.29, 0.717) is 0 Å². The fraction of sp³-hybridized carbons (Fsp3) is 0.357. The van der Waals surface area contributed by atoms with Gasteiger partial charge >= 0.3 is 0 Å². The third-order valence-corrected chi connectivity index (χ3v) is 3.30. The van der Waals surface area contributed by atoms with Crippen LogP contribution >= 0.6 is 15.9 Å². The zero-order valence-corrected chi connectivity index (χ0v) is 12.4. The van der Waals surface area contributed by atoms with E-state index in [1.807, 2.05) is 10.9 Å². The molecule has 2 aromatic rings. The minimum Gasteiger partial charge on any atom is -0.381 e. The largest absolute Gasteiger partial charge is 0.381 e. The second kappa shape index (κ2) is 6.05. The number of benzene rings is 1. The Bertz CT molecular complexity index is 520. The van der Waals surface area contributed by atoms with Gasteiger partial charge in [-0.15, -0.1) is 0 Å². The fourth-order valence-corrected chi connectivity index (χ4v) is 2.35. The number of aromatic nitrogens is 2. The molecule has 0 atom stereocenters. The lowest BCUT2D eigenvalue weighted by Crippen LogP contribution is -2.00. The van der Waals surface area contributed by atoms with Gasteiger partial charge in [0.05, 0.1) is 6.20 Å². The molecular weight excluding hydrogens is 290 g/mol. The van der Waals surface area contributed by atoms with E-state index in [0.717, 1.165) is 24.0 Å². The molecule has 18 heavy (non-hydrogen) atoms. The highest BCUT2D eigenvalue weighted by molar-refractivity contribution is 9.10. The predicted molar refractivity (Wildman–Crippen MR) is 78.7 cm³/mol. The average Bonchev–Trinajstić information content (AvgIpc) is 2.76. The number of nitrogens with zero attached hydrogens (tertiary/aromatic N) is 2. The zero-order valence-electron chi connectivity index (χ0n) is 10.8. The van der Waals surface area contributed by atoms with Crippen LogP contribution in [0.3, 0.4) is 0 Å². The van der Waals surface area contributed by atoms with Crippen LogP contribution in [0.4, 0.5) is 5.69 Å². The number of anilines is 1. The van der Waals surface area contributed by atoms with Crippen molar-refractivity contribution in [3.63, 3.8) is 0 Å². The molecule has 96 valence electrons. The molecule has 0 aliphatic carbocycles. The maximum absolute atomic E-state index is 4.32. The fourth-order valence-electron chi connectivity index (χ4n) is 1.87. The Morgan fingerprint density at radius 1 is 1.39 bits per heavy atom. The summed E-state index contributed by atoms with van der Waals surface area (Å²) in [5.74, 6) is 0. The molecule has 0 bridgehead atoms. The smallest absolute Gasteiger partial charge is 0.0539 e. The van der Waals surface area contributed by atoms with Crippen LogP contribution in [0.25, 0.3) is 0 Å². The van der Waals surface area contributed by atoms with E-state index in [2.05, 4.69) is 64.6 Å². The summed E-state index contributed by atoms with van der Waals surface area (Å²) in [5.41, 5.74) is 3.62. The van der Waals surface area contributed by atoms with Gasteiger partial charge in [-0.25, -0.2) is 0 Å². The minimum absolute atomic E-state index is 0.812. The van der Waals surface area contributed by atoms with Gasteiger partial charge in [-0.05, 0) is 37.1 Å². The SMILES string of the molecule is CCCn1cc(CNc2ccc(Br)cc2C)cn1.